The Morgan fingerprint density at radius 3 is 2.61 bits per heavy atom. The van der Waals surface area contributed by atoms with E-state index >= 15 is 0 Å². The van der Waals surface area contributed by atoms with Crippen LogP contribution in [-0.4, -0.2) is 12.2 Å². The van der Waals surface area contributed by atoms with Crippen LogP contribution in [0.2, 0.25) is 0 Å². The molecule has 0 aliphatic carbocycles. The quantitative estimate of drug-likeness (QED) is 0.845. The molecule has 2 nitrogen and oxygen atoms in total. The molecule has 0 aliphatic heterocycles. The third kappa shape index (κ3) is 2.94. The monoisotopic (exact) mass is 277 g/mol. The van der Waals surface area contributed by atoms with Crippen LogP contribution in [0.4, 0.5) is 5.69 Å². The first-order chi connectivity index (χ1) is 8.74. The van der Waals surface area contributed by atoms with E-state index in [2.05, 4.69) is 12.2 Å². The van der Waals surface area contributed by atoms with Crippen molar-refractivity contribution in [3.05, 3.63) is 46.2 Å². The maximum absolute atomic E-state index is 12.1. The van der Waals surface area contributed by atoms with Gasteiger partial charge in [-0.1, -0.05) is 6.92 Å². The van der Waals surface area contributed by atoms with E-state index in [0.717, 1.165) is 22.5 Å². The minimum absolute atomic E-state index is 0.0150. The average molecular weight is 277 g/mol. The largest absolute Gasteiger partial charge is 0.321 e. The highest BCUT2D eigenvalue weighted by atomic mass is 32.2. The molecule has 0 atom stereocenters. The zero-order chi connectivity index (χ0) is 13.0. The number of nitrogens with one attached hydrogen (secondary N) is 1. The number of aryl methyl sites for hydroxylation is 1. The summed E-state index contributed by atoms with van der Waals surface area (Å²) in [5.74, 6) is -0.0150. The van der Waals surface area contributed by atoms with Gasteiger partial charge in [-0.25, -0.2) is 0 Å². The average Bonchev–Trinajstić information content (AvgIpc) is 2.88. The molecular weight excluding hydrogens is 262 g/mol. The molecule has 0 bridgehead atoms. The zero-order valence-electron chi connectivity index (χ0n) is 10.4. The van der Waals surface area contributed by atoms with E-state index < -0.39 is 0 Å². The summed E-state index contributed by atoms with van der Waals surface area (Å²) in [6.45, 7) is 2.06. The summed E-state index contributed by atoms with van der Waals surface area (Å²) in [4.78, 5) is 14.1. The number of thiophene rings is 1. The lowest BCUT2D eigenvalue weighted by atomic mass is 10.2. The minimum Gasteiger partial charge on any atom is -0.321 e. The van der Waals surface area contributed by atoms with E-state index in [0.29, 0.717) is 0 Å². The van der Waals surface area contributed by atoms with Crippen LogP contribution < -0.4 is 5.32 Å². The standard InChI is InChI=1S/C14H15NOS2/c1-3-10-8-9-18-13(10)14(16)15-11-4-6-12(17-2)7-5-11/h4-9H,3H2,1-2H3,(H,15,16). The van der Waals surface area contributed by atoms with Crippen molar-refractivity contribution in [1.29, 1.82) is 0 Å². The highest BCUT2D eigenvalue weighted by Crippen LogP contribution is 2.21. The van der Waals surface area contributed by atoms with Gasteiger partial charge in [0.1, 0.15) is 0 Å². The molecule has 1 heterocycles. The summed E-state index contributed by atoms with van der Waals surface area (Å²) in [6, 6.07) is 9.90. The SMILES string of the molecule is CCc1ccsc1C(=O)Nc1ccc(SC)cc1. The summed E-state index contributed by atoms with van der Waals surface area (Å²) in [5.41, 5.74) is 1.95. The van der Waals surface area contributed by atoms with E-state index in [1.54, 1.807) is 11.8 Å². The fraction of sp³-hybridized carbons (Fsp3) is 0.214. The van der Waals surface area contributed by atoms with Crippen LogP contribution in [0.1, 0.15) is 22.2 Å². The molecule has 1 aromatic heterocycles. The Labute approximate surface area is 115 Å². The fourth-order valence-electron chi connectivity index (χ4n) is 1.68. The molecule has 0 saturated carbocycles. The van der Waals surface area contributed by atoms with Crippen LogP contribution in [0.5, 0.6) is 0 Å². The number of hydrogen-bond donors (Lipinski definition) is 1. The first kappa shape index (κ1) is 13.2. The van der Waals surface area contributed by atoms with Crippen LogP contribution in [0, 0.1) is 0 Å². The highest BCUT2D eigenvalue weighted by molar-refractivity contribution is 7.98. The number of hydrogen-bond acceptors (Lipinski definition) is 3. The lowest BCUT2D eigenvalue weighted by Crippen LogP contribution is -2.11. The van der Waals surface area contributed by atoms with Gasteiger partial charge in [-0.05, 0) is 54.0 Å². The van der Waals surface area contributed by atoms with Crippen molar-refractivity contribution in [3.63, 3.8) is 0 Å². The molecule has 2 rings (SSSR count). The van der Waals surface area contributed by atoms with Gasteiger partial charge in [0, 0.05) is 10.6 Å². The summed E-state index contributed by atoms with van der Waals surface area (Å²) in [5, 5.41) is 4.90. The molecule has 0 saturated heterocycles. The Kier molecular flexibility index (Phi) is 4.44. The molecule has 2 aromatic rings. The van der Waals surface area contributed by atoms with Crippen molar-refractivity contribution in [2.24, 2.45) is 0 Å². The number of carbonyl (C=O) groups is 1. The summed E-state index contributed by atoms with van der Waals surface area (Å²) >= 11 is 3.18. The van der Waals surface area contributed by atoms with E-state index in [1.165, 1.54) is 16.2 Å². The Balaban J connectivity index is 2.11. The predicted molar refractivity (Wildman–Crippen MR) is 79.9 cm³/mol. The smallest absolute Gasteiger partial charge is 0.266 e. The molecule has 94 valence electrons. The molecule has 4 heteroatoms. The van der Waals surface area contributed by atoms with Gasteiger partial charge in [-0.15, -0.1) is 23.1 Å². The first-order valence-electron chi connectivity index (χ1n) is 5.76. The normalized spacial score (nSPS) is 10.3. The number of anilines is 1. The van der Waals surface area contributed by atoms with Gasteiger partial charge in [-0.3, -0.25) is 4.79 Å². The van der Waals surface area contributed by atoms with E-state index in [9.17, 15) is 4.79 Å². The topological polar surface area (TPSA) is 29.1 Å². The Morgan fingerprint density at radius 1 is 1.28 bits per heavy atom. The second kappa shape index (κ2) is 6.07. The second-order valence-electron chi connectivity index (χ2n) is 3.81. The molecular formula is C14H15NOS2. The molecule has 0 unspecified atom stereocenters. The zero-order valence-corrected chi connectivity index (χ0v) is 12.0. The Bertz CT molecular complexity index is 531. The van der Waals surface area contributed by atoms with E-state index in [1.807, 2.05) is 42.0 Å². The maximum Gasteiger partial charge on any atom is 0.266 e. The van der Waals surface area contributed by atoms with Crippen molar-refractivity contribution in [1.82, 2.24) is 0 Å². The van der Waals surface area contributed by atoms with Gasteiger partial charge in [0.05, 0.1) is 4.88 Å². The van der Waals surface area contributed by atoms with E-state index in [-0.39, 0.29) is 5.91 Å². The lowest BCUT2D eigenvalue weighted by Gasteiger charge is -2.05. The van der Waals surface area contributed by atoms with Crippen LogP contribution in [0.15, 0.2) is 40.6 Å². The van der Waals surface area contributed by atoms with Gasteiger partial charge in [0.15, 0.2) is 0 Å². The minimum atomic E-state index is -0.0150. The first-order valence-corrected chi connectivity index (χ1v) is 7.86. The predicted octanol–water partition coefficient (Wildman–Crippen LogP) is 4.28. The van der Waals surface area contributed by atoms with Crippen molar-refractivity contribution < 1.29 is 4.79 Å². The number of thioether (sulfide) groups is 1. The summed E-state index contributed by atoms with van der Waals surface area (Å²) in [6.07, 6.45) is 2.92. The highest BCUT2D eigenvalue weighted by Gasteiger charge is 2.11. The number of carbonyl (C=O) groups excluding carboxylic acids is 1. The van der Waals surface area contributed by atoms with Gasteiger partial charge < -0.3 is 5.32 Å². The van der Waals surface area contributed by atoms with Crippen LogP contribution >= 0.6 is 23.1 Å². The molecule has 0 aliphatic rings. The molecule has 1 aromatic carbocycles. The number of rotatable bonds is 4. The van der Waals surface area contributed by atoms with Gasteiger partial charge in [0.25, 0.3) is 5.91 Å². The summed E-state index contributed by atoms with van der Waals surface area (Å²) < 4.78 is 0. The molecule has 1 amide bonds. The second-order valence-corrected chi connectivity index (χ2v) is 5.61. The van der Waals surface area contributed by atoms with Crippen molar-refractivity contribution in [3.8, 4) is 0 Å². The Hall–Kier alpha value is -1.26. The van der Waals surface area contributed by atoms with Gasteiger partial charge >= 0.3 is 0 Å². The number of amides is 1. The van der Waals surface area contributed by atoms with Crippen molar-refractivity contribution >= 4 is 34.7 Å². The molecule has 0 fully saturated rings. The van der Waals surface area contributed by atoms with Gasteiger partial charge in [0.2, 0.25) is 0 Å². The third-order valence-corrected chi connectivity index (χ3v) is 4.38. The van der Waals surface area contributed by atoms with Crippen molar-refractivity contribution in [2.45, 2.75) is 18.2 Å². The molecule has 0 radical (unpaired) electrons. The van der Waals surface area contributed by atoms with E-state index in [4.69, 9.17) is 0 Å². The lowest BCUT2D eigenvalue weighted by molar-refractivity contribution is 0.103. The summed E-state index contributed by atoms with van der Waals surface area (Å²) in [7, 11) is 0. The molecule has 1 N–H and O–H groups in total. The maximum atomic E-state index is 12.1. The van der Waals surface area contributed by atoms with Crippen molar-refractivity contribution in [2.75, 3.05) is 11.6 Å². The van der Waals surface area contributed by atoms with Crippen LogP contribution in [0.25, 0.3) is 0 Å². The molecule has 0 spiro atoms. The van der Waals surface area contributed by atoms with Gasteiger partial charge in [-0.2, -0.15) is 0 Å². The van der Waals surface area contributed by atoms with Crippen LogP contribution in [0.3, 0.4) is 0 Å². The molecule has 18 heavy (non-hydrogen) atoms. The Morgan fingerprint density at radius 2 is 2.00 bits per heavy atom. The fourth-order valence-corrected chi connectivity index (χ4v) is 2.97. The third-order valence-electron chi connectivity index (χ3n) is 2.68. The number of benzene rings is 1. The van der Waals surface area contributed by atoms with Crippen LogP contribution in [-0.2, 0) is 6.42 Å².